The normalized spacial score (nSPS) is 11.4. The van der Waals surface area contributed by atoms with Crippen LogP contribution in [0.15, 0.2) is 116 Å². The van der Waals surface area contributed by atoms with Gasteiger partial charge in [-0.25, -0.2) is 9.97 Å². The van der Waals surface area contributed by atoms with Crippen molar-refractivity contribution in [3.63, 3.8) is 0 Å². The number of hydrogen-bond acceptors (Lipinski definition) is 4. The largest absolute Gasteiger partial charge is 0.308 e. The molecule has 0 aliphatic carbocycles. The Bertz CT molecular complexity index is 1840. The van der Waals surface area contributed by atoms with Gasteiger partial charge in [-0.1, -0.05) is 48.5 Å². The second-order valence-corrected chi connectivity index (χ2v) is 8.40. The molecule has 0 saturated carbocycles. The first kappa shape index (κ1) is 19.6. The number of fused-ring (bicyclic) bond motifs is 4. The van der Waals surface area contributed by atoms with E-state index in [-0.39, 0.29) is 0 Å². The average molecular weight is 450 g/mol. The van der Waals surface area contributed by atoms with Crippen LogP contribution in [0.1, 0.15) is 0 Å². The summed E-state index contributed by atoms with van der Waals surface area (Å²) in [6.07, 6.45) is 3.62. The molecule has 7 aromatic rings. The van der Waals surface area contributed by atoms with Gasteiger partial charge in [0.1, 0.15) is 5.69 Å². The Morgan fingerprint density at radius 1 is 0.571 bits per heavy atom. The summed E-state index contributed by atoms with van der Waals surface area (Å²) in [6, 6.07) is 34.9. The summed E-state index contributed by atoms with van der Waals surface area (Å²) in [5, 5.41) is 2.09. The number of rotatable bonds is 3. The van der Waals surface area contributed by atoms with E-state index in [1.807, 2.05) is 54.7 Å². The van der Waals surface area contributed by atoms with Gasteiger partial charge in [-0.15, -0.1) is 0 Å². The lowest BCUT2D eigenvalue weighted by Crippen LogP contribution is -1.96. The molecule has 164 valence electrons. The van der Waals surface area contributed by atoms with Crippen molar-refractivity contribution in [2.24, 2.45) is 0 Å². The molecule has 0 aliphatic heterocycles. The zero-order valence-electron chi connectivity index (χ0n) is 18.7. The molecule has 0 bridgehead atoms. The lowest BCUT2D eigenvalue weighted by atomic mass is 10.0. The Labute approximate surface area is 201 Å². The molecular formula is C30H19N5. The molecule has 0 saturated heterocycles. The van der Waals surface area contributed by atoms with E-state index in [9.17, 15) is 0 Å². The zero-order chi connectivity index (χ0) is 23.2. The van der Waals surface area contributed by atoms with Crippen LogP contribution in [0.25, 0.3) is 61.3 Å². The first-order valence-corrected chi connectivity index (χ1v) is 11.5. The summed E-state index contributed by atoms with van der Waals surface area (Å²) in [7, 11) is 0. The molecule has 5 nitrogen and oxygen atoms in total. The highest BCUT2D eigenvalue weighted by Gasteiger charge is 2.16. The van der Waals surface area contributed by atoms with Gasteiger partial charge in [0.05, 0.1) is 27.8 Å². The molecule has 0 amide bonds. The number of hydrogen-bond donors (Lipinski definition) is 0. The molecule has 0 radical (unpaired) electrons. The first-order chi connectivity index (χ1) is 17.4. The van der Waals surface area contributed by atoms with Crippen molar-refractivity contribution in [1.82, 2.24) is 24.5 Å². The predicted octanol–water partition coefficient (Wildman–Crippen LogP) is 6.85. The quantitative estimate of drug-likeness (QED) is 0.296. The van der Waals surface area contributed by atoms with Gasteiger partial charge in [-0.3, -0.25) is 9.97 Å². The molecule has 7 rings (SSSR count). The molecule has 4 heterocycles. The smallest absolute Gasteiger partial charge is 0.179 e. The van der Waals surface area contributed by atoms with E-state index in [1.54, 1.807) is 6.20 Å². The van der Waals surface area contributed by atoms with E-state index in [4.69, 9.17) is 15.0 Å². The molecule has 0 N–H and O–H groups in total. The fourth-order valence-corrected chi connectivity index (χ4v) is 4.74. The number of para-hydroxylation sites is 2. The minimum atomic E-state index is 0.615. The number of pyridine rings is 2. The van der Waals surface area contributed by atoms with Crippen LogP contribution in [0.2, 0.25) is 0 Å². The lowest BCUT2D eigenvalue weighted by molar-refractivity contribution is 1.17. The molecule has 3 aromatic carbocycles. The van der Waals surface area contributed by atoms with Crippen LogP contribution in [-0.2, 0) is 0 Å². The summed E-state index contributed by atoms with van der Waals surface area (Å²) in [4.78, 5) is 19.0. The molecule has 0 spiro atoms. The molecule has 0 fully saturated rings. The van der Waals surface area contributed by atoms with Crippen molar-refractivity contribution < 1.29 is 0 Å². The van der Waals surface area contributed by atoms with Gasteiger partial charge in [0.25, 0.3) is 0 Å². The topological polar surface area (TPSA) is 56.5 Å². The lowest BCUT2D eigenvalue weighted by Gasteiger charge is -2.10. The standard InChI is InChI=1S/C30H19N5/c1-2-9-21(10-3-1)35-26-16-15-20(19-23(26)29-27(35)14-8-18-32-29)28-22-11-4-5-12-24(22)33-30(34-28)25-13-6-7-17-31-25/h1-19H. The zero-order valence-corrected chi connectivity index (χ0v) is 18.7. The summed E-state index contributed by atoms with van der Waals surface area (Å²) in [5.41, 5.74) is 7.81. The maximum atomic E-state index is 4.99. The first-order valence-electron chi connectivity index (χ1n) is 11.5. The summed E-state index contributed by atoms with van der Waals surface area (Å²) < 4.78 is 2.26. The van der Waals surface area contributed by atoms with Gasteiger partial charge in [-0.05, 0) is 54.6 Å². The van der Waals surface area contributed by atoms with Crippen molar-refractivity contribution >= 4 is 32.8 Å². The van der Waals surface area contributed by atoms with Crippen LogP contribution < -0.4 is 0 Å². The van der Waals surface area contributed by atoms with Crippen LogP contribution >= 0.6 is 0 Å². The van der Waals surface area contributed by atoms with Crippen molar-refractivity contribution in [3.05, 3.63) is 116 Å². The Balaban J connectivity index is 1.52. The van der Waals surface area contributed by atoms with Crippen molar-refractivity contribution in [2.75, 3.05) is 0 Å². The Kier molecular flexibility index (Phi) is 4.39. The van der Waals surface area contributed by atoms with E-state index >= 15 is 0 Å². The summed E-state index contributed by atoms with van der Waals surface area (Å²) >= 11 is 0. The van der Waals surface area contributed by atoms with Gasteiger partial charge in [0, 0.05) is 34.4 Å². The maximum Gasteiger partial charge on any atom is 0.179 e. The van der Waals surface area contributed by atoms with Gasteiger partial charge >= 0.3 is 0 Å². The number of benzene rings is 3. The van der Waals surface area contributed by atoms with E-state index in [2.05, 4.69) is 64.1 Å². The molecule has 35 heavy (non-hydrogen) atoms. The number of nitrogens with zero attached hydrogens (tertiary/aromatic N) is 5. The third kappa shape index (κ3) is 3.17. The monoisotopic (exact) mass is 449 g/mol. The Hall–Kier alpha value is -4.90. The maximum absolute atomic E-state index is 4.99. The van der Waals surface area contributed by atoms with Gasteiger partial charge < -0.3 is 4.57 Å². The van der Waals surface area contributed by atoms with Crippen LogP contribution in [-0.4, -0.2) is 24.5 Å². The molecule has 5 heteroatoms. The second kappa shape index (κ2) is 7.85. The SMILES string of the molecule is c1ccc(-n2c3ccc(-c4nc(-c5ccccn5)nc5ccccc45)cc3c3ncccc32)cc1. The van der Waals surface area contributed by atoms with Gasteiger partial charge in [0.2, 0.25) is 0 Å². The van der Waals surface area contributed by atoms with E-state index in [0.717, 1.165) is 55.5 Å². The fourth-order valence-electron chi connectivity index (χ4n) is 4.74. The van der Waals surface area contributed by atoms with E-state index < -0.39 is 0 Å². The average Bonchev–Trinajstić information content (AvgIpc) is 3.27. The molecular weight excluding hydrogens is 430 g/mol. The van der Waals surface area contributed by atoms with Crippen LogP contribution in [0.3, 0.4) is 0 Å². The highest BCUT2D eigenvalue weighted by molar-refractivity contribution is 6.09. The van der Waals surface area contributed by atoms with Crippen molar-refractivity contribution in [2.45, 2.75) is 0 Å². The third-order valence-electron chi connectivity index (χ3n) is 6.30. The Morgan fingerprint density at radius 2 is 1.40 bits per heavy atom. The minimum absolute atomic E-state index is 0.615. The van der Waals surface area contributed by atoms with Gasteiger partial charge in [0.15, 0.2) is 5.82 Å². The van der Waals surface area contributed by atoms with Gasteiger partial charge in [-0.2, -0.15) is 0 Å². The van der Waals surface area contributed by atoms with Crippen LogP contribution in [0.4, 0.5) is 0 Å². The van der Waals surface area contributed by atoms with Crippen molar-refractivity contribution in [1.29, 1.82) is 0 Å². The second-order valence-electron chi connectivity index (χ2n) is 8.40. The predicted molar refractivity (Wildman–Crippen MR) is 140 cm³/mol. The van der Waals surface area contributed by atoms with Crippen LogP contribution in [0, 0.1) is 0 Å². The molecule has 4 aromatic heterocycles. The Morgan fingerprint density at radius 3 is 2.29 bits per heavy atom. The highest BCUT2D eigenvalue weighted by atomic mass is 15.0. The van der Waals surface area contributed by atoms with E-state index in [1.165, 1.54) is 0 Å². The third-order valence-corrected chi connectivity index (χ3v) is 6.30. The fraction of sp³-hybridized carbons (Fsp3) is 0. The van der Waals surface area contributed by atoms with Crippen molar-refractivity contribution in [3.8, 4) is 28.5 Å². The molecule has 0 atom stereocenters. The summed E-state index contributed by atoms with van der Waals surface area (Å²) in [6.45, 7) is 0. The highest BCUT2D eigenvalue weighted by Crippen LogP contribution is 2.35. The van der Waals surface area contributed by atoms with Crippen LogP contribution in [0.5, 0.6) is 0 Å². The molecule has 0 unspecified atom stereocenters. The molecule has 0 aliphatic rings. The number of aromatic nitrogens is 5. The summed E-state index contributed by atoms with van der Waals surface area (Å²) in [5.74, 6) is 0.615. The van der Waals surface area contributed by atoms with E-state index in [0.29, 0.717) is 5.82 Å². The minimum Gasteiger partial charge on any atom is -0.308 e.